The lowest BCUT2D eigenvalue weighted by Gasteiger charge is -2.11. The van der Waals surface area contributed by atoms with E-state index in [4.69, 9.17) is 0 Å². The summed E-state index contributed by atoms with van der Waals surface area (Å²) < 4.78 is 22.9. The van der Waals surface area contributed by atoms with Crippen LogP contribution in [0.1, 0.15) is 26.3 Å². The minimum atomic E-state index is -3.16. The van der Waals surface area contributed by atoms with Gasteiger partial charge >= 0.3 is 0 Å². The van der Waals surface area contributed by atoms with Crippen LogP contribution < -0.4 is 10.6 Å². The molecule has 0 atom stereocenters. The van der Waals surface area contributed by atoms with Crippen LogP contribution in [-0.2, 0) is 9.84 Å². The molecular weight excluding hydrogens is 358 g/mol. The second-order valence-corrected chi connectivity index (χ2v) is 7.64. The lowest BCUT2D eigenvalue weighted by atomic mass is 10.2. The Balaban J connectivity index is 0.00000176. The van der Waals surface area contributed by atoms with E-state index in [-0.39, 0.29) is 0 Å². The Labute approximate surface area is 163 Å². The molecule has 2 rings (SSSR count). The molecule has 146 valence electrons. The number of anilines is 1. The number of nitrogens with zero attached hydrogens (tertiary/aromatic N) is 1. The molecular formula is C21H29N3O2S. The summed E-state index contributed by atoms with van der Waals surface area (Å²) in [6.07, 6.45) is 3.21. The lowest BCUT2D eigenvalue weighted by molar-refractivity contribution is 0.602. The third-order valence-corrected chi connectivity index (χ3v) is 4.71. The van der Waals surface area contributed by atoms with Gasteiger partial charge in [0.1, 0.15) is 5.84 Å². The van der Waals surface area contributed by atoms with Crippen molar-refractivity contribution in [3.8, 4) is 0 Å². The summed E-state index contributed by atoms with van der Waals surface area (Å²) in [4.78, 5) is 4.60. The average Bonchev–Trinajstić information content (AvgIpc) is 2.68. The number of rotatable bonds is 6. The van der Waals surface area contributed by atoms with E-state index in [2.05, 4.69) is 15.6 Å². The smallest absolute Gasteiger partial charge is 0.175 e. The zero-order valence-electron chi connectivity index (χ0n) is 16.7. The Morgan fingerprint density at radius 1 is 1.04 bits per heavy atom. The molecule has 0 fully saturated rings. The lowest BCUT2D eigenvalue weighted by Crippen LogP contribution is -2.23. The first-order chi connectivity index (χ1) is 12.9. The Bertz CT molecular complexity index is 856. The van der Waals surface area contributed by atoms with Crippen LogP contribution in [0.5, 0.6) is 0 Å². The van der Waals surface area contributed by atoms with Crippen molar-refractivity contribution >= 4 is 21.4 Å². The van der Waals surface area contributed by atoms with Gasteiger partial charge < -0.3 is 10.6 Å². The van der Waals surface area contributed by atoms with E-state index in [0.717, 1.165) is 22.8 Å². The van der Waals surface area contributed by atoms with E-state index in [1.807, 2.05) is 57.2 Å². The zero-order valence-corrected chi connectivity index (χ0v) is 17.5. The fraction of sp³-hybridized carbons (Fsp3) is 0.286. The van der Waals surface area contributed by atoms with E-state index in [1.165, 1.54) is 6.26 Å². The van der Waals surface area contributed by atoms with Crippen LogP contribution >= 0.6 is 0 Å². The summed E-state index contributed by atoms with van der Waals surface area (Å²) in [5.41, 5.74) is 2.87. The number of allylic oxidation sites excluding steroid dienone is 1. The van der Waals surface area contributed by atoms with E-state index < -0.39 is 9.84 Å². The first-order valence-electron chi connectivity index (χ1n) is 8.90. The summed E-state index contributed by atoms with van der Waals surface area (Å²) in [5, 5.41) is 6.52. The molecule has 0 bridgehead atoms. The van der Waals surface area contributed by atoms with Crippen molar-refractivity contribution in [2.24, 2.45) is 4.99 Å². The normalized spacial score (nSPS) is 12.0. The molecule has 0 aromatic heterocycles. The average molecular weight is 388 g/mol. The van der Waals surface area contributed by atoms with Crippen molar-refractivity contribution in [2.75, 3.05) is 25.2 Å². The highest BCUT2D eigenvalue weighted by atomic mass is 32.2. The maximum Gasteiger partial charge on any atom is 0.175 e. The molecule has 0 amide bonds. The van der Waals surface area contributed by atoms with Crippen LogP contribution in [0, 0.1) is 0 Å². The Kier molecular flexibility index (Phi) is 9.30. The highest BCUT2D eigenvalue weighted by Gasteiger charge is 2.05. The minimum Gasteiger partial charge on any atom is -0.381 e. The zero-order chi connectivity index (χ0) is 20.3. The van der Waals surface area contributed by atoms with E-state index >= 15 is 0 Å². The molecule has 0 saturated heterocycles. The SMILES string of the molecule is CC.CN=C(N/C(C)=C\CNc1ccc(S(C)(=O)=O)cc1)c1ccccc1. The van der Waals surface area contributed by atoms with Crippen LogP contribution in [0.4, 0.5) is 5.69 Å². The van der Waals surface area contributed by atoms with Gasteiger partial charge in [0.15, 0.2) is 9.84 Å². The third-order valence-electron chi connectivity index (χ3n) is 3.58. The fourth-order valence-corrected chi connectivity index (χ4v) is 2.86. The van der Waals surface area contributed by atoms with Gasteiger partial charge in [0.05, 0.1) is 4.90 Å². The van der Waals surface area contributed by atoms with Gasteiger partial charge in [-0.3, -0.25) is 4.99 Å². The molecule has 0 aliphatic heterocycles. The predicted molar refractivity (Wildman–Crippen MR) is 115 cm³/mol. The van der Waals surface area contributed by atoms with Crippen molar-refractivity contribution < 1.29 is 8.42 Å². The maximum absolute atomic E-state index is 11.4. The molecule has 0 spiro atoms. The van der Waals surface area contributed by atoms with E-state index in [1.54, 1.807) is 31.3 Å². The summed E-state index contributed by atoms with van der Waals surface area (Å²) in [6.45, 7) is 6.59. The van der Waals surface area contributed by atoms with Gasteiger partial charge in [-0.1, -0.05) is 44.2 Å². The molecule has 27 heavy (non-hydrogen) atoms. The summed E-state index contributed by atoms with van der Waals surface area (Å²) in [6, 6.07) is 16.7. The van der Waals surface area contributed by atoms with E-state index in [9.17, 15) is 8.42 Å². The number of aliphatic imine (C=N–C) groups is 1. The molecule has 0 unspecified atom stereocenters. The fourth-order valence-electron chi connectivity index (χ4n) is 2.23. The summed E-state index contributed by atoms with van der Waals surface area (Å²) >= 11 is 0. The van der Waals surface area contributed by atoms with Crippen molar-refractivity contribution in [1.82, 2.24) is 5.32 Å². The molecule has 0 heterocycles. The van der Waals surface area contributed by atoms with Gasteiger partial charge in [0.2, 0.25) is 0 Å². The molecule has 2 aromatic carbocycles. The predicted octanol–water partition coefficient (Wildman–Crippen LogP) is 4.10. The molecule has 2 aromatic rings. The number of hydrogen-bond acceptors (Lipinski definition) is 4. The number of sulfone groups is 1. The first-order valence-corrected chi connectivity index (χ1v) is 10.8. The maximum atomic E-state index is 11.4. The minimum absolute atomic E-state index is 0.318. The monoisotopic (exact) mass is 387 g/mol. The van der Waals surface area contributed by atoms with Gasteiger partial charge in [-0.2, -0.15) is 0 Å². The van der Waals surface area contributed by atoms with Crippen LogP contribution in [0.25, 0.3) is 0 Å². The molecule has 2 N–H and O–H groups in total. The quantitative estimate of drug-likeness (QED) is 0.578. The Morgan fingerprint density at radius 3 is 2.15 bits per heavy atom. The highest BCUT2D eigenvalue weighted by Crippen LogP contribution is 2.13. The number of hydrogen-bond donors (Lipinski definition) is 2. The topological polar surface area (TPSA) is 70.6 Å². The van der Waals surface area contributed by atoms with Crippen molar-refractivity contribution in [3.63, 3.8) is 0 Å². The highest BCUT2D eigenvalue weighted by molar-refractivity contribution is 7.90. The van der Waals surface area contributed by atoms with E-state index in [0.29, 0.717) is 11.4 Å². The summed E-state index contributed by atoms with van der Waals surface area (Å²) in [7, 11) is -1.41. The Morgan fingerprint density at radius 2 is 1.63 bits per heavy atom. The van der Waals surface area contributed by atoms with Crippen molar-refractivity contribution in [1.29, 1.82) is 0 Å². The second-order valence-electron chi connectivity index (χ2n) is 5.63. The number of benzene rings is 2. The third kappa shape index (κ3) is 7.66. The Hall–Kier alpha value is -2.60. The van der Waals surface area contributed by atoms with Crippen molar-refractivity contribution in [3.05, 3.63) is 71.9 Å². The molecule has 0 radical (unpaired) electrons. The largest absolute Gasteiger partial charge is 0.381 e. The number of nitrogens with one attached hydrogen (secondary N) is 2. The van der Waals surface area contributed by atoms with Gasteiger partial charge in [0.25, 0.3) is 0 Å². The molecule has 0 saturated carbocycles. The van der Waals surface area contributed by atoms with Gasteiger partial charge in [0, 0.05) is 36.8 Å². The molecule has 0 aliphatic rings. The number of amidine groups is 1. The van der Waals surface area contributed by atoms with Gasteiger partial charge in [-0.05, 0) is 37.3 Å². The standard InChI is InChI=1S/C19H23N3O2S.C2H6/c1-15(22-19(20-2)16-7-5-4-6-8-16)13-14-21-17-9-11-18(12-10-17)25(3,23)24;1-2/h4-13,21H,14H2,1-3H3,(H,20,22);1-2H3/b15-13-;. The first kappa shape index (κ1) is 22.4. The molecule has 6 heteroatoms. The van der Waals surface area contributed by atoms with Crippen LogP contribution in [0.3, 0.4) is 0 Å². The summed E-state index contributed by atoms with van der Waals surface area (Å²) in [5.74, 6) is 0.812. The van der Waals surface area contributed by atoms with Crippen molar-refractivity contribution in [2.45, 2.75) is 25.7 Å². The van der Waals surface area contributed by atoms with Gasteiger partial charge in [-0.25, -0.2) is 8.42 Å². The molecule has 0 aliphatic carbocycles. The van der Waals surface area contributed by atoms with Gasteiger partial charge in [-0.15, -0.1) is 0 Å². The molecule has 5 nitrogen and oxygen atoms in total. The van der Waals surface area contributed by atoms with Crippen LogP contribution in [0.2, 0.25) is 0 Å². The van der Waals surface area contributed by atoms with Crippen LogP contribution in [-0.4, -0.2) is 34.1 Å². The van der Waals surface area contributed by atoms with Crippen LogP contribution in [0.15, 0.2) is 76.3 Å². The second kappa shape index (κ2) is 11.2.